The third-order valence-corrected chi connectivity index (χ3v) is 8.95. The molecule has 0 heterocycles. The van der Waals surface area contributed by atoms with Gasteiger partial charge in [0.15, 0.2) is 0 Å². The van der Waals surface area contributed by atoms with Crippen LogP contribution in [0.4, 0.5) is 11.4 Å². The molecule has 0 radical (unpaired) electrons. The van der Waals surface area contributed by atoms with Gasteiger partial charge in [-0.3, -0.25) is 24.0 Å². The molecule has 0 saturated heterocycles. The molecule has 0 aromatic heterocycles. The summed E-state index contributed by atoms with van der Waals surface area (Å²) in [6.45, 7) is 2.36. The van der Waals surface area contributed by atoms with Crippen LogP contribution in [-0.2, 0) is 26.2 Å². The Morgan fingerprint density at radius 3 is 2.29 bits per heavy atom. The molecule has 1 N–H and O–H groups in total. The average Bonchev–Trinajstić information content (AvgIpc) is 2.96. The van der Waals surface area contributed by atoms with Gasteiger partial charge in [-0.25, -0.2) is 8.42 Å². The summed E-state index contributed by atoms with van der Waals surface area (Å²) in [5.74, 6) is -0.723. The van der Waals surface area contributed by atoms with E-state index in [0.29, 0.717) is 16.3 Å². The molecular weight excluding hydrogens is 607 g/mol. The quantitative estimate of drug-likeness (QED) is 0.219. The van der Waals surface area contributed by atoms with Gasteiger partial charge in [0.1, 0.15) is 18.3 Å². The molecular formula is C28H30Cl2N4O7S. The Bertz CT molecular complexity index is 1580. The standard InChI is InChI=1S/C28H30Cl2N4O7S/c1-5-25(28(36)31-3)32(16-19-7-8-20(29)14-24(19)30)27(35)17-33(21-9-11-22(41-4)12-10-21)42(39,40)23-13-6-18(2)26(15-23)34(37)38/h6-15,25H,5,16-17H2,1-4H3,(H,31,36)/t25-/m0/s1. The van der Waals surface area contributed by atoms with E-state index < -0.39 is 39.3 Å². The number of halogens is 2. The number of amides is 2. The number of hydrogen-bond donors (Lipinski definition) is 1. The van der Waals surface area contributed by atoms with Crippen molar-refractivity contribution in [3.05, 3.63) is 92.0 Å². The zero-order valence-electron chi connectivity index (χ0n) is 23.3. The van der Waals surface area contributed by atoms with Gasteiger partial charge in [0.2, 0.25) is 11.8 Å². The van der Waals surface area contributed by atoms with Gasteiger partial charge in [-0.1, -0.05) is 42.3 Å². The molecule has 224 valence electrons. The highest BCUT2D eigenvalue weighted by molar-refractivity contribution is 7.92. The van der Waals surface area contributed by atoms with Crippen molar-refractivity contribution < 1.29 is 27.7 Å². The molecule has 0 aliphatic heterocycles. The number of anilines is 1. The van der Waals surface area contributed by atoms with E-state index in [0.717, 1.165) is 10.4 Å². The fourth-order valence-electron chi connectivity index (χ4n) is 4.27. The predicted molar refractivity (Wildman–Crippen MR) is 161 cm³/mol. The van der Waals surface area contributed by atoms with Crippen molar-refractivity contribution >= 4 is 56.4 Å². The highest BCUT2D eigenvalue weighted by Crippen LogP contribution is 2.30. The summed E-state index contributed by atoms with van der Waals surface area (Å²) in [6.07, 6.45) is 0.218. The van der Waals surface area contributed by atoms with Crippen LogP contribution in [0.5, 0.6) is 5.75 Å². The summed E-state index contributed by atoms with van der Waals surface area (Å²) in [5.41, 5.74) is 0.477. The highest BCUT2D eigenvalue weighted by Gasteiger charge is 2.34. The van der Waals surface area contributed by atoms with Gasteiger partial charge in [-0.15, -0.1) is 0 Å². The molecule has 2 amide bonds. The van der Waals surface area contributed by atoms with Gasteiger partial charge in [0.05, 0.1) is 22.6 Å². The SMILES string of the molecule is CC[C@@H](C(=O)NC)N(Cc1ccc(Cl)cc1Cl)C(=O)CN(c1ccc(OC)cc1)S(=O)(=O)c1ccc(C)c([N+](=O)[O-])c1. The van der Waals surface area contributed by atoms with E-state index >= 15 is 0 Å². The lowest BCUT2D eigenvalue weighted by atomic mass is 10.1. The van der Waals surface area contributed by atoms with Crippen LogP contribution in [0.2, 0.25) is 10.0 Å². The second kappa shape index (κ2) is 13.9. The molecule has 0 bridgehead atoms. The van der Waals surface area contributed by atoms with Crippen LogP contribution in [0.25, 0.3) is 0 Å². The normalized spacial score (nSPS) is 11.9. The van der Waals surface area contributed by atoms with Crippen molar-refractivity contribution in [1.82, 2.24) is 10.2 Å². The Kier molecular flexibility index (Phi) is 10.8. The largest absolute Gasteiger partial charge is 0.497 e. The molecule has 3 aromatic carbocycles. The molecule has 0 unspecified atom stereocenters. The second-order valence-corrected chi connectivity index (χ2v) is 11.9. The monoisotopic (exact) mass is 636 g/mol. The lowest BCUT2D eigenvalue weighted by Gasteiger charge is -2.33. The van der Waals surface area contributed by atoms with Crippen LogP contribution in [0.15, 0.2) is 65.6 Å². The summed E-state index contributed by atoms with van der Waals surface area (Å²) in [5, 5.41) is 14.7. The molecule has 0 aliphatic carbocycles. The molecule has 0 spiro atoms. The highest BCUT2D eigenvalue weighted by atomic mass is 35.5. The topological polar surface area (TPSA) is 139 Å². The van der Waals surface area contributed by atoms with Crippen molar-refractivity contribution in [3.63, 3.8) is 0 Å². The number of carbonyl (C=O) groups excluding carboxylic acids is 2. The van der Waals surface area contributed by atoms with Gasteiger partial charge < -0.3 is 15.0 Å². The third kappa shape index (κ3) is 7.30. The maximum Gasteiger partial charge on any atom is 0.273 e. The van der Waals surface area contributed by atoms with E-state index in [1.165, 1.54) is 68.4 Å². The van der Waals surface area contributed by atoms with Gasteiger partial charge in [0, 0.05) is 35.3 Å². The van der Waals surface area contributed by atoms with Crippen LogP contribution < -0.4 is 14.4 Å². The number of benzene rings is 3. The number of nitrogens with one attached hydrogen (secondary N) is 1. The van der Waals surface area contributed by atoms with Crippen LogP contribution in [0, 0.1) is 17.0 Å². The summed E-state index contributed by atoms with van der Waals surface area (Å²) in [6, 6.07) is 13.2. The smallest absolute Gasteiger partial charge is 0.273 e. The number of nitrogens with zero attached hydrogens (tertiary/aromatic N) is 3. The van der Waals surface area contributed by atoms with Crippen molar-refractivity contribution in [2.75, 3.05) is 25.0 Å². The molecule has 42 heavy (non-hydrogen) atoms. The average molecular weight is 638 g/mol. The molecule has 3 aromatic rings. The summed E-state index contributed by atoms with van der Waals surface area (Å²) in [4.78, 5) is 38.6. The number of hydrogen-bond acceptors (Lipinski definition) is 7. The summed E-state index contributed by atoms with van der Waals surface area (Å²) in [7, 11) is -1.65. The minimum absolute atomic E-state index is 0.102. The van der Waals surface area contributed by atoms with Crippen LogP contribution in [-0.4, -0.2) is 56.8 Å². The maximum atomic E-state index is 14.0. The Labute approximate surface area is 254 Å². The van der Waals surface area contributed by atoms with Gasteiger partial charge in [-0.05, 0) is 61.4 Å². The lowest BCUT2D eigenvalue weighted by Crippen LogP contribution is -2.51. The number of nitro groups is 1. The Hall–Kier alpha value is -3.87. The van der Waals surface area contributed by atoms with Crippen LogP contribution in [0.1, 0.15) is 24.5 Å². The minimum Gasteiger partial charge on any atom is -0.497 e. The van der Waals surface area contributed by atoms with Gasteiger partial charge >= 0.3 is 0 Å². The Morgan fingerprint density at radius 2 is 1.74 bits per heavy atom. The number of sulfonamides is 1. The molecule has 1 atom stereocenters. The van der Waals surface area contributed by atoms with Crippen molar-refractivity contribution in [2.24, 2.45) is 0 Å². The molecule has 0 fully saturated rings. The third-order valence-electron chi connectivity index (χ3n) is 6.59. The molecule has 11 nitrogen and oxygen atoms in total. The van der Waals surface area contributed by atoms with E-state index in [4.69, 9.17) is 27.9 Å². The zero-order valence-corrected chi connectivity index (χ0v) is 25.7. The van der Waals surface area contributed by atoms with Gasteiger partial charge in [0.25, 0.3) is 15.7 Å². The Morgan fingerprint density at radius 1 is 1.07 bits per heavy atom. The maximum absolute atomic E-state index is 14.0. The van der Waals surface area contributed by atoms with Crippen molar-refractivity contribution in [2.45, 2.75) is 37.8 Å². The van der Waals surface area contributed by atoms with E-state index in [1.54, 1.807) is 19.1 Å². The number of carbonyl (C=O) groups is 2. The van der Waals surface area contributed by atoms with Gasteiger partial charge in [-0.2, -0.15) is 0 Å². The van der Waals surface area contributed by atoms with Crippen LogP contribution >= 0.6 is 23.2 Å². The first-order valence-corrected chi connectivity index (χ1v) is 14.9. The number of aryl methyl sites for hydroxylation is 1. The van der Waals surface area contributed by atoms with Crippen molar-refractivity contribution in [1.29, 1.82) is 0 Å². The number of nitro benzene ring substituents is 1. The molecule has 3 rings (SSSR count). The Balaban J connectivity index is 2.13. The molecule has 14 heteroatoms. The van der Waals surface area contributed by atoms with E-state index in [9.17, 15) is 28.1 Å². The molecule has 0 saturated carbocycles. The second-order valence-electron chi connectivity index (χ2n) is 9.21. The van der Waals surface area contributed by atoms with Crippen molar-refractivity contribution in [3.8, 4) is 5.75 Å². The number of ether oxygens (including phenoxy) is 1. The van der Waals surface area contributed by atoms with Crippen LogP contribution in [0.3, 0.4) is 0 Å². The number of methoxy groups -OCH3 is 1. The fraction of sp³-hybridized carbons (Fsp3) is 0.286. The van der Waals surface area contributed by atoms with E-state index in [2.05, 4.69) is 5.32 Å². The van der Waals surface area contributed by atoms with E-state index in [1.807, 2.05) is 0 Å². The number of likely N-dealkylation sites (N-methyl/N-ethyl adjacent to an activating group) is 1. The fourth-order valence-corrected chi connectivity index (χ4v) is 6.17. The first-order chi connectivity index (χ1) is 19.8. The first-order valence-electron chi connectivity index (χ1n) is 12.7. The molecule has 0 aliphatic rings. The zero-order chi connectivity index (χ0) is 31.2. The minimum atomic E-state index is -4.52. The summed E-state index contributed by atoms with van der Waals surface area (Å²) < 4.78 is 34.0. The number of rotatable bonds is 12. The predicted octanol–water partition coefficient (Wildman–Crippen LogP) is 4.97. The van der Waals surface area contributed by atoms with E-state index in [-0.39, 0.29) is 39.8 Å². The summed E-state index contributed by atoms with van der Waals surface area (Å²) >= 11 is 12.4. The first kappa shape index (κ1) is 32.6. The lowest BCUT2D eigenvalue weighted by molar-refractivity contribution is -0.385.